The van der Waals surface area contributed by atoms with Crippen LogP contribution in [0.1, 0.15) is 59.8 Å². The highest BCUT2D eigenvalue weighted by atomic mass is 19.3. The lowest BCUT2D eigenvalue weighted by atomic mass is 9.91. The maximum Gasteiger partial charge on any atom is 0.387 e. The first-order valence-corrected chi connectivity index (χ1v) is 11.2. The zero-order valence-electron chi connectivity index (χ0n) is 19.5. The van der Waals surface area contributed by atoms with Crippen LogP contribution in [0.5, 0.6) is 5.75 Å². The number of pyridine rings is 2. The third-order valence-corrected chi connectivity index (χ3v) is 6.57. The average Bonchev–Trinajstić information content (AvgIpc) is 3.13. The second kappa shape index (κ2) is 8.37. The normalized spacial score (nSPS) is 17.0. The van der Waals surface area contributed by atoms with E-state index in [0.717, 1.165) is 18.4 Å². The Labute approximate surface area is 204 Å². The van der Waals surface area contributed by atoms with Crippen molar-refractivity contribution in [2.75, 3.05) is 10.7 Å². The topological polar surface area (TPSA) is 111 Å². The van der Waals surface area contributed by atoms with Crippen LogP contribution in [0.4, 0.5) is 14.6 Å². The second-order valence-corrected chi connectivity index (χ2v) is 9.33. The molecule has 0 radical (unpaired) electrons. The minimum absolute atomic E-state index is 0.147. The highest BCUT2D eigenvalue weighted by molar-refractivity contribution is 5.88. The fourth-order valence-electron chi connectivity index (χ4n) is 4.95. The summed E-state index contributed by atoms with van der Waals surface area (Å²) in [6, 6.07) is 7.46. The van der Waals surface area contributed by atoms with Gasteiger partial charge in [0.1, 0.15) is 17.1 Å². The standard InChI is InChI=1S/C26H22F2N4O4/c1-26(2)8-7-19-16-9-15(5-3-14-4-6-23(29)30-12-14)22(36-25(27)28)10-17(16)20-11-21(33)18(24(34)35)13-31(20)32(19)26/h4,6,9-13,19,25H,7-8H2,1-2H3,(H2,29,30)(H,34,35)/t19-/m1/s1. The Morgan fingerprint density at radius 3 is 2.72 bits per heavy atom. The summed E-state index contributed by atoms with van der Waals surface area (Å²) >= 11 is 0. The van der Waals surface area contributed by atoms with Crippen molar-refractivity contribution in [2.24, 2.45) is 0 Å². The minimum Gasteiger partial charge on any atom is -0.477 e. The van der Waals surface area contributed by atoms with Gasteiger partial charge in [0, 0.05) is 29.6 Å². The molecule has 1 aromatic carbocycles. The SMILES string of the molecule is CC1(C)CC[C@@H]2c3cc(C#Cc4ccc(N)nc4)c(OC(F)F)cc3-c3cc(=O)c(C(=O)O)cn3N21. The Kier molecular flexibility index (Phi) is 5.43. The smallest absolute Gasteiger partial charge is 0.387 e. The van der Waals surface area contributed by atoms with Crippen LogP contribution >= 0.6 is 0 Å². The van der Waals surface area contributed by atoms with Crippen LogP contribution in [0.15, 0.2) is 47.5 Å². The number of nitrogen functional groups attached to an aromatic ring is 1. The molecular formula is C26H22F2N4O4. The molecule has 10 heteroatoms. The van der Waals surface area contributed by atoms with Crippen LogP contribution in [0.25, 0.3) is 11.3 Å². The van der Waals surface area contributed by atoms with Crippen molar-refractivity contribution in [3.63, 3.8) is 0 Å². The van der Waals surface area contributed by atoms with Crippen LogP contribution < -0.4 is 20.9 Å². The van der Waals surface area contributed by atoms with Crippen LogP contribution in [0.3, 0.4) is 0 Å². The van der Waals surface area contributed by atoms with E-state index in [1.54, 1.807) is 22.9 Å². The molecule has 2 aliphatic heterocycles. The molecule has 0 bridgehead atoms. The first kappa shape index (κ1) is 23.4. The molecule has 0 aliphatic carbocycles. The summed E-state index contributed by atoms with van der Waals surface area (Å²) in [6.45, 7) is 0.969. The minimum atomic E-state index is -3.09. The molecule has 184 valence electrons. The van der Waals surface area contributed by atoms with E-state index in [2.05, 4.69) is 16.8 Å². The number of halogens is 2. The average molecular weight is 492 g/mol. The van der Waals surface area contributed by atoms with Gasteiger partial charge < -0.3 is 15.6 Å². The van der Waals surface area contributed by atoms with Gasteiger partial charge in [0.25, 0.3) is 0 Å². The third kappa shape index (κ3) is 3.92. The zero-order valence-corrected chi connectivity index (χ0v) is 19.5. The van der Waals surface area contributed by atoms with Gasteiger partial charge >= 0.3 is 12.6 Å². The number of benzene rings is 1. The Hall–Kier alpha value is -4.39. The molecule has 2 aromatic heterocycles. The van der Waals surface area contributed by atoms with Gasteiger partial charge in [-0.2, -0.15) is 8.78 Å². The molecule has 1 atom stereocenters. The molecular weight excluding hydrogens is 470 g/mol. The van der Waals surface area contributed by atoms with E-state index in [4.69, 9.17) is 10.5 Å². The molecule has 5 rings (SSSR count). The predicted molar refractivity (Wildman–Crippen MR) is 129 cm³/mol. The van der Waals surface area contributed by atoms with Crippen LogP contribution in [0, 0.1) is 11.8 Å². The lowest BCUT2D eigenvalue weighted by Gasteiger charge is -2.44. The summed E-state index contributed by atoms with van der Waals surface area (Å²) in [7, 11) is 0. The van der Waals surface area contributed by atoms with E-state index in [-0.39, 0.29) is 28.5 Å². The second-order valence-electron chi connectivity index (χ2n) is 9.33. The number of rotatable bonds is 3. The highest BCUT2D eigenvalue weighted by Crippen LogP contribution is 2.49. The molecule has 8 nitrogen and oxygen atoms in total. The lowest BCUT2D eigenvalue weighted by Crippen LogP contribution is -2.50. The lowest BCUT2D eigenvalue weighted by molar-refractivity contribution is -0.0500. The molecule has 0 amide bonds. The van der Waals surface area contributed by atoms with Gasteiger partial charge in [-0.1, -0.05) is 11.8 Å². The van der Waals surface area contributed by atoms with E-state index in [0.29, 0.717) is 22.6 Å². The third-order valence-electron chi connectivity index (χ3n) is 6.57. The largest absolute Gasteiger partial charge is 0.477 e. The summed E-state index contributed by atoms with van der Waals surface area (Å²) in [5.74, 6) is 4.67. The monoisotopic (exact) mass is 492 g/mol. The Morgan fingerprint density at radius 1 is 1.28 bits per heavy atom. The number of alkyl halides is 2. The molecule has 1 fully saturated rings. The van der Waals surface area contributed by atoms with Gasteiger partial charge in [0.15, 0.2) is 5.43 Å². The maximum absolute atomic E-state index is 13.3. The molecule has 4 heterocycles. The number of nitrogens with two attached hydrogens (primary N) is 1. The first-order chi connectivity index (χ1) is 17.0. The van der Waals surface area contributed by atoms with Crippen LogP contribution in [-0.2, 0) is 0 Å². The summed E-state index contributed by atoms with van der Waals surface area (Å²) < 4.78 is 33.1. The summed E-state index contributed by atoms with van der Waals surface area (Å²) in [6.07, 6.45) is 4.31. The number of hydrogen-bond acceptors (Lipinski definition) is 6. The number of carboxylic acids is 1. The van der Waals surface area contributed by atoms with Crippen molar-refractivity contribution in [2.45, 2.75) is 44.9 Å². The number of anilines is 1. The maximum atomic E-state index is 13.3. The molecule has 0 saturated carbocycles. The quantitative estimate of drug-likeness (QED) is 0.536. The molecule has 3 aromatic rings. The van der Waals surface area contributed by atoms with E-state index in [1.165, 1.54) is 24.5 Å². The number of carbonyl (C=O) groups is 1. The first-order valence-electron chi connectivity index (χ1n) is 11.2. The van der Waals surface area contributed by atoms with Gasteiger partial charge in [0.2, 0.25) is 0 Å². The molecule has 0 unspecified atom stereocenters. The number of aromatic carboxylic acids is 1. The Balaban J connectivity index is 1.74. The van der Waals surface area contributed by atoms with E-state index in [9.17, 15) is 23.5 Å². The summed E-state index contributed by atoms with van der Waals surface area (Å²) in [5.41, 5.74) is 6.72. The molecule has 3 N–H and O–H groups in total. The van der Waals surface area contributed by atoms with Crippen molar-refractivity contribution in [3.8, 4) is 28.8 Å². The van der Waals surface area contributed by atoms with Gasteiger partial charge in [-0.05, 0) is 56.5 Å². The fourth-order valence-corrected chi connectivity index (χ4v) is 4.95. The summed E-state index contributed by atoms with van der Waals surface area (Å²) in [5, 5.41) is 11.6. The number of fused-ring (bicyclic) bond motifs is 6. The molecule has 36 heavy (non-hydrogen) atoms. The fraction of sp³-hybridized carbons (Fsp3) is 0.269. The number of aromatic nitrogens is 2. The number of ether oxygens (including phenoxy) is 1. The number of nitrogens with zero attached hydrogens (tertiary/aromatic N) is 3. The highest BCUT2D eigenvalue weighted by Gasteiger charge is 2.45. The van der Waals surface area contributed by atoms with Crippen molar-refractivity contribution < 1.29 is 23.4 Å². The van der Waals surface area contributed by atoms with Crippen molar-refractivity contribution >= 4 is 11.8 Å². The van der Waals surface area contributed by atoms with Crippen molar-refractivity contribution in [3.05, 3.63) is 75.2 Å². The predicted octanol–water partition coefficient (Wildman–Crippen LogP) is 3.76. The van der Waals surface area contributed by atoms with Gasteiger partial charge in [-0.3, -0.25) is 14.5 Å². The van der Waals surface area contributed by atoms with Crippen molar-refractivity contribution in [1.82, 2.24) is 9.66 Å². The van der Waals surface area contributed by atoms with E-state index in [1.807, 2.05) is 18.9 Å². The van der Waals surface area contributed by atoms with Crippen LogP contribution in [0.2, 0.25) is 0 Å². The molecule has 1 saturated heterocycles. The van der Waals surface area contributed by atoms with E-state index < -0.39 is 18.0 Å². The van der Waals surface area contributed by atoms with Gasteiger partial charge in [0.05, 0.1) is 22.8 Å². The number of hydrogen-bond donors (Lipinski definition) is 2. The van der Waals surface area contributed by atoms with Crippen molar-refractivity contribution in [1.29, 1.82) is 0 Å². The van der Waals surface area contributed by atoms with Crippen LogP contribution in [-0.4, -0.2) is 32.9 Å². The zero-order chi connectivity index (χ0) is 25.8. The Morgan fingerprint density at radius 2 is 2.06 bits per heavy atom. The van der Waals surface area contributed by atoms with Gasteiger partial charge in [-0.25, -0.2) is 9.78 Å². The molecule has 0 spiro atoms. The molecule has 2 aliphatic rings. The number of carboxylic acid groups (broad SMARTS) is 1. The summed E-state index contributed by atoms with van der Waals surface area (Å²) in [4.78, 5) is 28.3. The van der Waals surface area contributed by atoms with E-state index >= 15 is 0 Å². The van der Waals surface area contributed by atoms with Gasteiger partial charge in [-0.15, -0.1) is 0 Å². The Bertz CT molecular complexity index is 1500.